The molecule has 0 radical (unpaired) electrons. The fraction of sp³-hybridized carbons (Fsp3) is 0.513. The van der Waals surface area contributed by atoms with Crippen molar-refractivity contribution in [3.8, 4) is 16.9 Å². The lowest BCUT2D eigenvalue weighted by Gasteiger charge is -2.37. The molecule has 0 aromatic heterocycles. The highest BCUT2D eigenvalue weighted by Gasteiger charge is 2.48. The molecular weight excluding hydrogens is 642 g/mol. The quantitative estimate of drug-likeness (QED) is 0.196. The largest absolute Gasteiger partial charge is 0.494 e. The van der Waals surface area contributed by atoms with E-state index in [0.717, 1.165) is 54.9 Å². The number of piperidine rings is 1. The molecule has 3 aliphatic rings. The SMILES string of the molecule is CCOc1cc(-c2ccc(F)cc2)c(C2CC2)cc1CN1CCC2(CC1)CN(c1ccc(P(=O)(OC(C)(C)C)OC(C)(C)C)cc1)C(=O)O2. The maximum Gasteiger partial charge on any atom is 0.415 e. The average molecular weight is 693 g/mol. The van der Waals surface area contributed by atoms with E-state index in [1.165, 1.54) is 17.7 Å². The van der Waals surface area contributed by atoms with E-state index in [2.05, 4.69) is 17.0 Å². The second-order valence-corrected chi connectivity index (χ2v) is 17.5. The number of benzene rings is 3. The van der Waals surface area contributed by atoms with Gasteiger partial charge in [-0.15, -0.1) is 0 Å². The lowest BCUT2D eigenvalue weighted by atomic mass is 9.90. The summed E-state index contributed by atoms with van der Waals surface area (Å²) in [7, 11) is -3.65. The molecule has 1 saturated carbocycles. The number of hydrogen-bond acceptors (Lipinski definition) is 7. The van der Waals surface area contributed by atoms with Crippen LogP contribution in [0.15, 0.2) is 60.7 Å². The topological polar surface area (TPSA) is 77.5 Å². The van der Waals surface area contributed by atoms with Crippen molar-refractivity contribution in [1.82, 2.24) is 4.90 Å². The Morgan fingerprint density at radius 2 is 1.53 bits per heavy atom. The summed E-state index contributed by atoms with van der Waals surface area (Å²) < 4.78 is 51.9. The van der Waals surface area contributed by atoms with Gasteiger partial charge in [0.05, 0.1) is 29.7 Å². The van der Waals surface area contributed by atoms with Gasteiger partial charge in [-0.25, -0.2) is 9.18 Å². The van der Waals surface area contributed by atoms with Gasteiger partial charge in [0, 0.05) is 43.7 Å². The monoisotopic (exact) mass is 692 g/mol. The summed E-state index contributed by atoms with van der Waals surface area (Å²) in [6, 6.07) is 18.2. The summed E-state index contributed by atoms with van der Waals surface area (Å²) in [6.45, 7) is 16.4. The Kier molecular flexibility index (Phi) is 9.79. The lowest BCUT2D eigenvalue weighted by molar-refractivity contribution is -0.00113. The van der Waals surface area contributed by atoms with Gasteiger partial charge in [0.15, 0.2) is 0 Å². The number of carbonyl (C=O) groups excluding carboxylic acids is 1. The van der Waals surface area contributed by atoms with Crippen molar-refractivity contribution < 1.29 is 32.3 Å². The molecular formula is C39H50FN2O6P. The van der Waals surface area contributed by atoms with E-state index in [9.17, 15) is 13.8 Å². The standard InChI is InChI=1S/C39H50FN2O6P/c1-8-45-35-24-34(28-11-13-30(40)14-12-28)33(27-9-10-27)23-29(35)25-41-21-19-39(20-22-41)26-42(36(43)46-39)31-15-17-32(18-16-31)49(44,47-37(2,3)4)48-38(5,6)7/h11-18,23-24,27H,8-10,19-22,25-26H2,1-7H3. The maximum absolute atomic E-state index is 14.0. The Bertz CT molecular complexity index is 1680. The molecule has 3 fully saturated rings. The van der Waals surface area contributed by atoms with Gasteiger partial charge in [-0.1, -0.05) is 12.1 Å². The van der Waals surface area contributed by atoms with Gasteiger partial charge >= 0.3 is 13.7 Å². The first-order valence-corrected chi connectivity index (χ1v) is 19.0. The van der Waals surface area contributed by atoms with Crippen LogP contribution in [0.5, 0.6) is 5.75 Å². The molecule has 0 unspecified atom stereocenters. The molecule has 8 nitrogen and oxygen atoms in total. The van der Waals surface area contributed by atoms with E-state index in [4.69, 9.17) is 18.5 Å². The van der Waals surface area contributed by atoms with Crippen molar-refractivity contribution in [2.45, 2.75) is 103 Å². The highest BCUT2D eigenvalue weighted by Crippen LogP contribution is 2.53. The summed E-state index contributed by atoms with van der Waals surface area (Å²) in [6.07, 6.45) is 3.38. The number of rotatable bonds is 10. The van der Waals surface area contributed by atoms with Crippen LogP contribution in [-0.4, -0.2) is 54.0 Å². The van der Waals surface area contributed by atoms with Crippen molar-refractivity contribution in [3.05, 3.63) is 77.6 Å². The van der Waals surface area contributed by atoms with Crippen LogP contribution < -0.4 is 14.9 Å². The van der Waals surface area contributed by atoms with E-state index in [1.807, 2.05) is 60.6 Å². The molecule has 1 aliphatic carbocycles. The van der Waals surface area contributed by atoms with Crippen molar-refractivity contribution in [2.24, 2.45) is 0 Å². The van der Waals surface area contributed by atoms with Gasteiger partial charge in [-0.2, -0.15) is 0 Å². The molecule has 0 atom stereocenters. The van der Waals surface area contributed by atoms with Crippen LogP contribution in [-0.2, 0) is 24.9 Å². The van der Waals surface area contributed by atoms with Gasteiger partial charge in [-0.05, 0) is 132 Å². The molecule has 1 spiro atoms. The zero-order valence-electron chi connectivity index (χ0n) is 29.9. The van der Waals surface area contributed by atoms with Crippen LogP contribution in [0.3, 0.4) is 0 Å². The number of ether oxygens (including phenoxy) is 2. The number of halogens is 1. The van der Waals surface area contributed by atoms with Crippen LogP contribution in [0.25, 0.3) is 11.1 Å². The van der Waals surface area contributed by atoms with Gasteiger partial charge < -0.3 is 9.47 Å². The molecule has 2 saturated heterocycles. The Morgan fingerprint density at radius 1 is 0.918 bits per heavy atom. The third-order valence-electron chi connectivity index (χ3n) is 9.10. The third kappa shape index (κ3) is 8.39. The normalized spacial score (nSPS) is 18.6. The zero-order valence-corrected chi connectivity index (χ0v) is 30.8. The van der Waals surface area contributed by atoms with Crippen molar-refractivity contribution in [3.63, 3.8) is 0 Å². The summed E-state index contributed by atoms with van der Waals surface area (Å²) in [5.74, 6) is 1.13. The minimum Gasteiger partial charge on any atom is -0.494 e. The first-order chi connectivity index (χ1) is 23.1. The van der Waals surface area contributed by atoms with E-state index in [1.54, 1.807) is 29.2 Å². The lowest BCUT2D eigenvalue weighted by Crippen LogP contribution is -2.46. The molecule has 264 valence electrons. The number of carbonyl (C=O) groups is 1. The molecule has 3 aromatic rings. The van der Waals surface area contributed by atoms with Crippen LogP contribution in [0, 0.1) is 5.82 Å². The first kappa shape index (κ1) is 35.6. The van der Waals surface area contributed by atoms with Crippen molar-refractivity contribution in [1.29, 1.82) is 0 Å². The van der Waals surface area contributed by atoms with Gasteiger partial charge in [0.1, 0.15) is 17.2 Å². The smallest absolute Gasteiger partial charge is 0.415 e. The van der Waals surface area contributed by atoms with E-state index in [-0.39, 0.29) is 11.9 Å². The average Bonchev–Trinajstić information content (AvgIpc) is 3.81. The Balaban J connectivity index is 1.14. The molecule has 6 rings (SSSR count). The minimum absolute atomic E-state index is 0.241. The predicted octanol–water partition coefficient (Wildman–Crippen LogP) is 9.21. The highest BCUT2D eigenvalue weighted by molar-refractivity contribution is 7.62. The Hall–Kier alpha value is -3.23. The van der Waals surface area contributed by atoms with Crippen molar-refractivity contribution >= 4 is 24.7 Å². The fourth-order valence-corrected chi connectivity index (χ4v) is 8.98. The highest BCUT2D eigenvalue weighted by atomic mass is 31.2. The van der Waals surface area contributed by atoms with Crippen LogP contribution in [0.1, 0.15) is 91.2 Å². The summed E-state index contributed by atoms with van der Waals surface area (Å²) in [5.41, 5.74) is 3.32. The second-order valence-electron chi connectivity index (χ2n) is 15.6. The molecule has 10 heteroatoms. The molecule has 0 bridgehead atoms. The molecule has 0 N–H and O–H groups in total. The number of hydrogen-bond donors (Lipinski definition) is 0. The molecule has 3 aromatic carbocycles. The number of nitrogens with zero attached hydrogens (tertiary/aromatic N) is 2. The minimum atomic E-state index is -3.65. The van der Waals surface area contributed by atoms with Crippen LogP contribution in [0.2, 0.25) is 0 Å². The summed E-state index contributed by atoms with van der Waals surface area (Å²) in [5, 5.41) is 0.443. The zero-order chi connectivity index (χ0) is 35.2. The second kappa shape index (κ2) is 13.5. The summed E-state index contributed by atoms with van der Waals surface area (Å²) >= 11 is 0. The number of likely N-dealkylation sites (tertiary alicyclic amines) is 1. The molecule has 49 heavy (non-hydrogen) atoms. The predicted molar refractivity (Wildman–Crippen MR) is 191 cm³/mol. The number of amides is 1. The molecule has 1 amide bonds. The van der Waals surface area contributed by atoms with E-state index < -0.39 is 24.4 Å². The molecule has 2 heterocycles. The van der Waals surface area contributed by atoms with Crippen LogP contribution >= 0.6 is 7.60 Å². The third-order valence-corrected chi connectivity index (χ3v) is 11.6. The summed E-state index contributed by atoms with van der Waals surface area (Å²) in [4.78, 5) is 17.3. The van der Waals surface area contributed by atoms with Gasteiger partial charge in [-0.3, -0.25) is 23.4 Å². The van der Waals surface area contributed by atoms with Crippen molar-refractivity contribution in [2.75, 3.05) is 31.1 Å². The van der Waals surface area contributed by atoms with Gasteiger partial charge in [0.2, 0.25) is 0 Å². The first-order valence-electron chi connectivity index (χ1n) is 17.5. The molecule has 2 aliphatic heterocycles. The fourth-order valence-electron chi connectivity index (χ4n) is 6.77. The Labute approximate surface area is 290 Å². The van der Waals surface area contributed by atoms with E-state index in [0.29, 0.717) is 42.9 Å². The van der Waals surface area contributed by atoms with Gasteiger partial charge in [0.25, 0.3) is 0 Å². The Morgan fingerprint density at radius 3 is 2.08 bits per heavy atom. The number of anilines is 1. The van der Waals surface area contributed by atoms with Crippen LogP contribution in [0.4, 0.5) is 14.9 Å². The maximum atomic E-state index is 14.0. The van der Waals surface area contributed by atoms with E-state index >= 15 is 0 Å².